The van der Waals surface area contributed by atoms with Crippen LogP contribution < -0.4 is 10.6 Å². The van der Waals surface area contributed by atoms with Crippen LogP contribution in [0.25, 0.3) is 0 Å². The van der Waals surface area contributed by atoms with Gasteiger partial charge in [-0.3, -0.25) is 4.79 Å². The van der Waals surface area contributed by atoms with Crippen molar-refractivity contribution in [1.29, 1.82) is 0 Å². The average molecular weight is 288 g/mol. The van der Waals surface area contributed by atoms with Gasteiger partial charge in [-0.2, -0.15) is 0 Å². The second kappa shape index (κ2) is 6.74. The molecule has 0 radical (unpaired) electrons. The van der Waals surface area contributed by atoms with Crippen LogP contribution in [0.5, 0.6) is 5.75 Å². The zero-order chi connectivity index (χ0) is 15.2. The van der Waals surface area contributed by atoms with E-state index in [0.717, 1.165) is 5.69 Å². The van der Waals surface area contributed by atoms with Gasteiger partial charge >= 0.3 is 0 Å². The molecule has 4 nitrogen and oxygen atoms in total. The highest BCUT2D eigenvalue weighted by atomic mass is 19.1. The van der Waals surface area contributed by atoms with Crippen LogP contribution in [0.15, 0.2) is 42.5 Å². The topological polar surface area (TPSA) is 61.4 Å². The summed E-state index contributed by atoms with van der Waals surface area (Å²) in [5.41, 5.74) is 1.73. The third kappa shape index (κ3) is 3.95. The number of phenolic OH excluding ortho intramolecular Hbond substituents is 1. The van der Waals surface area contributed by atoms with E-state index in [1.54, 1.807) is 24.3 Å². The Morgan fingerprint density at radius 1 is 1.24 bits per heavy atom. The molecule has 0 aliphatic heterocycles. The van der Waals surface area contributed by atoms with Crippen LogP contribution in [-0.4, -0.2) is 17.6 Å². The van der Waals surface area contributed by atoms with E-state index in [4.69, 9.17) is 0 Å². The molecule has 0 aliphatic rings. The van der Waals surface area contributed by atoms with E-state index in [2.05, 4.69) is 10.6 Å². The Kier molecular flexibility index (Phi) is 4.77. The number of rotatable bonds is 5. The molecule has 21 heavy (non-hydrogen) atoms. The third-order valence-corrected chi connectivity index (χ3v) is 2.99. The van der Waals surface area contributed by atoms with Crippen molar-refractivity contribution in [2.75, 3.05) is 11.9 Å². The van der Waals surface area contributed by atoms with E-state index in [-0.39, 0.29) is 18.2 Å². The minimum atomic E-state index is -0.402. The zero-order valence-electron chi connectivity index (χ0n) is 11.7. The molecule has 0 bridgehead atoms. The first-order valence-electron chi connectivity index (χ1n) is 6.69. The summed E-state index contributed by atoms with van der Waals surface area (Å²) in [6, 6.07) is 10.8. The summed E-state index contributed by atoms with van der Waals surface area (Å²) in [4.78, 5) is 11.7. The fourth-order valence-electron chi connectivity index (χ4n) is 1.93. The smallest absolute Gasteiger partial charge is 0.251 e. The van der Waals surface area contributed by atoms with Crippen molar-refractivity contribution in [3.8, 4) is 5.75 Å². The number of benzene rings is 2. The highest BCUT2D eigenvalue weighted by molar-refractivity contribution is 5.95. The van der Waals surface area contributed by atoms with Crippen molar-refractivity contribution in [3.05, 3.63) is 59.4 Å². The van der Waals surface area contributed by atoms with Gasteiger partial charge in [0.15, 0.2) is 0 Å². The van der Waals surface area contributed by atoms with E-state index < -0.39 is 5.82 Å². The minimum Gasteiger partial charge on any atom is -0.508 e. The number of hydrogen-bond acceptors (Lipinski definition) is 3. The number of amides is 1. The first kappa shape index (κ1) is 14.8. The highest BCUT2D eigenvalue weighted by Gasteiger charge is 2.06. The molecular weight excluding hydrogens is 271 g/mol. The van der Waals surface area contributed by atoms with Crippen LogP contribution >= 0.6 is 0 Å². The molecular formula is C16H17FN2O2. The Labute approximate surface area is 122 Å². The maximum absolute atomic E-state index is 13.1. The normalized spacial score (nSPS) is 10.2. The molecule has 0 saturated heterocycles. The summed E-state index contributed by atoms with van der Waals surface area (Å²) in [5, 5.41) is 15.4. The summed E-state index contributed by atoms with van der Waals surface area (Å²) in [5.74, 6) is -0.515. The Bertz CT molecular complexity index is 644. The van der Waals surface area contributed by atoms with Gasteiger partial charge in [-0.1, -0.05) is 6.07 Å². The summed E-state index contributed by atoms with van der Waals surface area (Å²) >= 11 is 0. The fourth-order valence-corrected chi connectivity index (χ4v) is 1.93. The fraction of sp³-hybridized carbons (Fsp3) is 0.188. The molecule has 0 heterocycles. The molecule has 0 saturated carbocycles. The first-order valence-corrected chi connectivity index (χ1v) is 6.69. The minimum absolute atomic E-state index is 0.0313. The lowest BCUT2D eigenvalue weighted by Gasteiger charge is -2.10. The van der Waals surface area contributed by atoms with Gasteiger partial charge in [-0.25, -0.2) is 4.39 Å². The summed E-state index contributed by atoms with van der Waals surface area (Å²) in [7, 11) is 0. The van der Waals surface area contributed by atoms with Gasteiger partial charge in [0.1, 0.15) is 11.6 Å². The molecule has 110 valence electrons. The summed E-state index contributed by atoms with van der Waals surface area (Å²) in [6.07, 6.45) is 0. The lowest BCUT2D eigenvalue weighted by Crippen LogP contribution is -2.22. The number of anilines is 1. The monoisotopic (exact) mass is 288 g/mol. The second-order valence-electron chi connectivity index (χ2n) is 4.57. The Balaban J connectivity index is 2.08. The molecule has 0 aliphatic carbocycles. The number of halogens is 1. The van der Waals surface area contributed by atoms with Crippen molar-refractivity contribution in [3.63, 3.8) is 0 Å². The molecule has 0 aromatic heterocycles. The van der Waals surface area contributed by atoms with Crippen LogP contribution in [0.4, 0.5) is 10.1 Å². The summed E-state index contributed by atoms with van der Waals surface area (Å²) < 4.78 is 13.1. The van der Waals surface area contributed by atoms with Gasteiger partial charge < -0.3 is 15.7 Å². The van der Waals surface area contributed by atoms with Crippen LogP contribution in [0, 0.1) is 5.82 Å². The second-order valence-corrected chi connectivity index (χ2v) is 4.57. The molecule has 3 N–H and O–H groups in total. The number of nitrogens with one attached hydrogen (secondary N) is 2. The molecule has 0 spiro atoms. The molecule has 5 heteroatoms. The first-order chi connectivity index (χ1) is 10.1. The van der Waals surface area contributed by atoms with Gasteiger partial charge in [0.25, 0.3) is 5.91 Å². The summed E-state index contributed by atoms with van der Waals surface area (Å²) in [6.45, 7) is 2.68. The van der Waals surface area contributed by atoms with Crippen molar-refractivity contribution >= 4 is 11.6 Å². The van der Waals surface area contributed by atoms with E-state index >= 15 is 0 Å². The van der Waals surface area contributed by atoms with Gasteiger partial charge in [0.2, 0.25) is 0 Å². The molecule has 0 unspecified atom stereocenters. The SMILES string of the molecule is CCNC(=O)c1cccc(NCc2cc(F)ccc2O)c1. The Morgan fingerprint density at radius 3 is 2.81 bits per heavy atom. The van der Waals surface area contributed by atoms with Crippen LogP contribution in [0.1, 0.15) is 22.8 Å². The predicted octanol–water partition coefficient (Wildman–Crippen LogP) is 2.89. The molecule has 2 rings (SSSR count). The number of phenols is 1. The highest BCUT2D eigenvalue weighted by Crippen LogP contribution is 2.20. The maximum atomic E-state index is 13.1. The van der Waals surface area contributed by atoms with E-state index in [9.17, 15) is 14.3 Å². The largest absolute Gasteiger partial charge is 0.508 e. The van der Waals surface area contributed by atoms with Crippen molar-refractivity contribution in [2.24, 2.45) is 0 Å². The lowest BCUT2D eigenvalue weighted by molar-refractivity contribution is 0.0956. The third-order valence-electron chi connectivity index (χ3n) is 2.99. The molecule has 0 atom stereocenters. The van der Waals surface area contributed by atoms with Crippen LogP contribution in [0.2, 0.25) is 0 Å². The van der Waals surface area contributed by atoms with Gasteiger partial charge in [-0.05, 0) is 43.3 Å². The number of carbonyl (C=O) groups is 1. The lowest BCUT2D eigenvalue weighted by atomic mass is 10.1. The predicted molar refractivity (Wildman–Crippen MR) is 79.8 cm³/mol. The van der Waals surface area contributed by atoms with Crippen LogP contribution in [0.3, 0.4) is 0 Å². The molecule has 2 aromatic carbocycles. The zero-order valence-corrected chi connectivity index (χ0v) is 11.7. The van der Waals surface area contributed by atoms with Gasteiger partial charge in [-0.15, -0.1) is 0 Å². The standard InChI is InChI=1S/C16H17FN2O2/c1-2-18-16(21)11-4-3-5-14(9-11)19-10-12-8-13(17)6-7-15(12)20/h3-9,19-20H,2,10H2,1H3,(H,18,21). The van der Waals surface area contributed by atoms with Gasteiger partial charge in [0.05, 0.1) is 0 Å². The van der Waals surface area contributed by atoms with E-state index in [1.807, 2.05) is 6.92 Å². The molecule has 2 aromatic rings. The van der Waals surface area contributed by atoms with Crippen molar-refractivity contribution in [2.45, 2.75) is 13.5 Å². The van der Waals surface area contributed by atoms with Crippen molar-refractivity contribution < 1.29 is 14.3 Å². The van der Waals surface area contributed by atoms with Crippen LogP contribution in [-0.2, 0) is 6.54 Å². The number of carbonyl (C=O) groups excluding carboxylic acids is 1. The maximum Gasteiger partial charge on any atom is 0.251 e. The quantitative estimate of drug-likeness (QED) is 0.793. The number of aromatic hydroxyl groups is 1. The molecule has 1 amide bonds. The van der Waals surface area contributed by atoms with E-state index in [1.165, 1.54) is 18.2 Å². The Hall–Kier alpha value is -2.56. The molecule has 0 fully saturated rings. The average Bonchev–Trinajstić information content (AvgIpc) is 2.49. The Morgan fingerprint density at radius 2 is 2.05 bits per heavy atom. The van der Waals surface area contributed by atoms with E-state index in [0.29, 0.717) is 17.7 Å². The number of hydrogen-bond donors (Lipinski definition) is 3. The van der Waals surface area contributed by atoms with Crippen molar-refractivity contribution in [1.82, 2.24) is 5.32 Å². The van der Waals surface area contributed by atoms with Gasteiger partial charge in [0, 0.05) is 29.9 Å².